The lowest BCUT2D eigenvalue weighted by molar-refractivity contribution is -0.163. The van der Waals surface area contributed by atoms with Crippen molar-refractivity contribution in [2.24, 2.45) is 5.41 Å². The lowest BCUT2D eigenvalue weighted by Crippen LogP contribution is -2.52. The molecule has 0 saturated carbocycles. The van der Waals surface area contributed by atoms with Crippen LogP contribution in [0.2, 0.25) is 0 Å². The summed E-state index contributed by atoms with van der Waals surface area (Å²) in [4.78, 5) is 36.6. The highest BCUT2D eigenvalue weighted by molar-refractivity contribution is 7.90. The van der Waals surface area contributed by atoms with E-state index in [-0.39, 0.29) is 37.1 Å². The molecule has 0 aromatic rings. The van der Waals surface area contributed by atoms with Crippen molar-refractivity contribution in [3.8, 4) is 0 Å². The molecule has 1 aliphatic rings. The van der Waals surface area contributed by atoms with Gasteiger partial charge in [0.25, 0.3) is 0 Å². The van der Waals surface area contributed by atoms with E-state index in [1.54, 1.807) is 6.92 Å². The Balaban J connectivity index is 2.58. The number of carbonyl (C=O) groups excluding carboxylic acids is 3. The summed E-state index contributed by atoms with van der Waals surface area (Å²) < 4.78 is 15.7. The van der Waals surface area contributed by atoms with E-state index in [0.29, 0.717) is 12.8 Å². The molecule has 6 nitrogen and oxygen atoms in total. The van der Waals surface area contributed by atoms with E-state index in [1.807, 2.05) is 6.92 Å². The number of carbonyl (C=O) groups is 3. The van der Waals surface area contributed by atoms with Crippen molar-refractivity contribution in [1.82, 2.24) is 4.90 Å². The van der Waals surface area contributed by atoms with E-state index >= 15 is 0 Å². The van der Waals surface area contributed by atoms with Gasteiger partial charge in [-0.2, -0.15) is 0 Å². The van der Waals surface area contributed by atoms with Gasteiger partial charge < -0.3 is 9.29 Å². The summed E-state index contributed by atoms with van der Waals surface area (Å²) >= 11 is -1.04. The van der Waals surface area contributed by atoms with Gasteiger partial charge in [0.15, 0.2) is 0 Å². The Morgan fingerprint density at radius 2 is 2.15 bits per heavy atom. The zero-order valence-electron chi connectivity index (χ0n) is 12.1. The topological polar surface area (TPSA) is 86.7 Å². The van der Waals surface area contributed by atoms with E-state index in [9.17, 15) is 18.9 Å². The molecule has 1 aliphatic heterocycles. The van der Waals surface area contributed by atoms with Gasteiger partial charge in [-0.05, 0) is 12.8 Å². The minimum atomic E-state index is -1.04. The van der Waals surface area contributed by atoms with Crippen LogP contribution in [0.4, 0.5) is 0 Å². The van der Waals surface area contributed by atoms with E-state index in [4.69, 9.17) is 4.74 Å². The molecule has 0 aromatic heterocycles. The maximum absolute atomic E-state index is 12.3. The van der Waals surface area contributed by atoms with Crippen LogP contribution in [0, 0.1) is 5.41 Å². The smallest absolute Gasteiger partial charge is 0.326 e. The van der Waals surface area contributed by atoms with Crippen LogP contribution in [-0.4, -0.2) is 52.4 Å². The Morgan fingerprint density at radius 3 is 2.70 bits per heavy atom. The van der Waals surface area contributed by atoms with Crippen LogP contribution in [0.25, 0.3) is 0 Å². The molecular formula is C13H21NO5S. The van der Waals surface area contributed by atoms with Crippen LogP contribution in [0.15, 0.2) is 0 Å². The predicted molar refractivity (Wildman–Crippen MR) is 74.2 cm³/mol. The van der Waals surface area contributed by atoms with Crippen molar-refractivity contribution >= 4 is 29.0 Å². The van der Waals surface area contributed by atoms with Crippen LogP contribution in [0.1, 0.15) is 33.1 Å². The lowest BCUT2D eigenvalue weighted by Gasteiger charge is -2.36. The molecule has 1 fully saturated rings. The van der Waals surface area contributed by atoms with Gasteiger partial charge in [0.1, 0.15) is 18.9 Å². The summed E-state index contributed by atoms with van der Waals surface area (Å²) in [6, 6.07) is 0. The average Bonchev–Trinajstić information content (AvgIpc) is 2.39. The first-order valence-corrected chi connectivity index (χ1v) is 8.33. The number of likely N-dealkylation sites (tertiary alicyclic amines) is 1. The zero-order valence-corrected chi connectivity index (χ0v) is 13.0. The van der Waals surface area contributed by atoms with E-state index in [2.05, 4.69) is 0 Å². The Kier molecular flexibility index (Phi) is 6.01. The third kappa shape index (κ3) is 4.21. The van der Waals surface area contributed by atoms with Crippen LogP contribution in [0.5, 0.6) is 0 Å². The average molecular weight is 303 g/mol. The van der Waals surface area contributed by atoms with Gasteiger partial charge in [-0.1, -0.05) is 25.0 Å². The van der Waals surface area contributed by atoms with Crippen LogP contribution in [0.3, 0.4) is 0 Å². The number of hydrogen-bond acceptors (Lipinski definition) is 5. The molecule has 2 atom stereocenters. The second-order valence-electron chi connectivity index (χ2n) is 5.20. The van der Waals surface area contributed by atoms with Gasteiger partial charge in [0.2, 0.25) is 11.8 Å². The molecule has 0 radical (unpaired) electrons. The Morgan fingerprint density at radius 1 is 1.50 bits per heavy atom. The molecule has 0 spiro atoms. The standard InChI is InChI=1S/C13H21NO5S/c1-4-13(2)6-5-10(15)14(12(13)17)9-11(16)19-7-8-20(3)18/h4-9H2,1-3H3. The highest BCUT2D eigenvalue weighted by atomic mass is 32.2. The van der Waals surface area contributed by atoms with Gasteiger partial charge in [0, 0.05) is 11.8 Å². The van der Waals surface area contributed by atoms with Gasteiger partial charge >= 0.3 is 5.97 Å². The Labute approximate surface area is 122 Å². The lowest BCUT2D eigenvalue weighted by atomic mass is 9.78. The van der Waals surface area contributed by atoms with Crippen LogP contribution < -0.4 is 0 Å². The van der Waals surface area contributed by atoms with Crippen molar-refractivity contribution in [2.75, 3.05) is 25.2 Å². The summed E-state index contributed by atoms with van der Waals surface area (Å²) in [7, 11) is 0. The maximum Gasteiger partial charge on any atom is 0.326 e. The quantitative estimate of drug-likeness (QED) is 0.404. The van der Waals surface area contributed by atoms with Gasteiger partial charge in [-0.25, -0.2) is 0 Å². The minimum absolute atomic E-state index is 0.0310. The first kappa shape index (κ1) is 17.0. The molecule has 2 amide bonds. The van der Waals surface area contributed by atoms with Gasteiger partial charge in [-0.3, -0.25) is 19.3 Å². The number of imide groups is 1. The molecule has 1 saturated heterocycles. The summed E-state index contributed by atoms with van der Waals surface area (Å²) in [5.74, 6) is -1.04. The molecule has 1 heterocycles. The first-order valence-electron chi connectivity index (χ1n) is 6.60. The SMILES string of the molecule is CCC1(C)CCC(=O)N(CC(=O)OCC[S+](C)[O-])C1=O. The van der Waals surface area contributed by atoms with Crippen molar-refractivity contribution < 1.29 is 23.7 Å². The molecule has 0 bridgehead atoms. The largest absolute Gasteiger partial charge is 0.616 e. The number of nitrogens with zero attached hydrogens (tertiary/aromatic N) is 1. The molecule has 0 aliphatic carbocycles. The van der Waals surface area contributed by atoms with Gasteiger partial charge in [0.05, 0.1) is 6.26 Å². The Bertz CT molecular complexity index is 398. The number of amides is 2. The van der Waals surface area contributed by atoms with Crippen LogP contribution >= 0.6 is 0 Å². The second kappa shape index (κ2) is 7.08. The first-order chi connectivity index (χ1) is 9.30. The number of piperidine rings is 1. The molecule has 114 valence electrons. The summed E-state index contributed by atoms with van der Waals surface area (Å²) in [5.41, 5.74) is -0.584. The molecule has 0 N–H and O–H groups in total. The predicted octanol–water partition coefficient (Wildman–Crippen LogP) is 0.473. The van der Waals surface area contributed by atoms with Crippen molar-refractivity contribution in [2.45, 2.75) is 33.1 Å². The van der Waals surface area contributed by atoms with Crippen LogP contribution in [-0.2, 0) is 30.3 Å². The summed E-state index contributed by atoms with van der Waals surface area (Å²) in [5, 5.41) is 0. The number of hydrogen-bond donors (Lipinski definition) is 0. The van der Waals surface area contributed by atoms with E-state index < -0.39 is 22.6 Å². The monoisotopic (exact) mass is 303 g/mol. The van der Waals surface area contributed by atoms with E-state index in [1.165, 1.54) is 6.26 Å². The number of ether oxygens (including phenoxy) is 1. The molecule has 7 heteroatoms. The van der Waals surface area contributed by atoms with Crippen molar-refractivity contribution in [3.63, 3.8) is 0 Å². The number of rotatable bonds is 6. The normalized spacial score (nSPS) is 24.7. The molecule has 20 heavy (non-hydrogen) atoms. The fraction of sp³-hybridized carbons (Fsp3) is 0.769. The fourth-order valence-corrected chi connectivity index (χ4v) is 2.32. The van der Waals surface area contributed by atoms with Gasteiger partial charge in [-0.15, -0.1) is 0 Å². The summed E-state index contributed by atoms with van der Waals surface area (Å²) in [6.07, 6.45) is 2.92. The number of esters is 1. The molecule has 0 aromatic carbocycles. The second-order valence-corrected chi connectivity index (χ2v) is 6.75. The summed E-state index contributed by atoms with van der Waals surface area (Å²) in [6.45, 7) is 3.37. The third-order valence-electron chi connectivity index (χ3n) is 3.65. The third-order valence-corrected chi connectivity index (χ3v) is 4.40. The Hall–Kier alpha value is -1.08. The van der Waals surface area contributed by atoms with Crippen molar-refractivity contribution in [1.29, 1.82) is 0 Å². The maximum atomic E-state index is 12.3. The van der Waals surface area contributed by atoms with E-state index in [0.717, 1.165) is 4.90 Å². The highest BCUT2D eigenvalue weighted by Gasteiger charge is 2.43. The molecule has 1 rings (SSSR count). The molecule has 2 unspecified atom stereocenters. The fourth-order valence-electron chi connectivity index (χ4n) is 2.00. The van der Waals surface area contributed by atoms with Crippen molar-refractivity contribution in [3.05, 3.63) is 0 Å². The highest BCUT2D eigenvalue weighted by Crippen LogP contribution is 2.34. The zero-order chi connectivity index (χ0) is 15.3. The minimum Gasteiger partial charge on any atom is -0.616 e. The molecular weight excluding hydrogens is 282 g/mol.